The number of nitrogens with zero attached hydrogens (tertiary/aromatic N) is 1. The van der Waals surface area contributed by atoms with E-state index in [1.807, 2.05) is 11.4 Å². The second kappa shape index (κ2) is 6.91. The van der Waals surface area contributed by atoms with Gasteiger partial charge in [-0.3, -0.25) is 9.59 Å². The number of halogens is 1. The highest BCUT2D eigenvalue weighted by molar-refractivity contribution is 7.12. The topological polar surface area (TPSA) is 49.4 Å². The van der Waals surface area contributed by atoms with Crippen LogP contribution in [-0.2, 0) is 0 Å². The molecule has 1 aromatic carbocycles. The number of thiophene rings is 1. The van der Waals surface area contributed by atoms with Gasteiger partial charge >= 0.3 is 0 Å². The Labute approximate surface area is 137 Å². The Hall–Kier alpha value is -2.21. The lowest BCUT2D eigenvalue weighted by Crippen LogP contribution is -2.46. The van der Waals surface area contributed by atoms with E-state index in [9.17, 15) is 14.0 Å². The first-order valence-electron chi connectivity index (χ1n) is 7.52. The van der Waals surface area contributed by atoms with E-state index in [0.29, 0.717) is 36.4 Å². The monoisotopic (exact) mass is 332 g/mol. The molecule has 1 aliphatic heterocycles. The molecule has 0 aliphatic carbocycles. The van der Waals surface area contributed by atoms with E-state index in [0.717, 1.165) is 0 Å². The minimum absolute atomic E-state index is 0.0603. The van der Waals surface area contributed by atoms with Gasteiger partial charge in [0.1, 0.15) is 5.82 Å². The molecule has 0 atom stereocenters. The number of amides is 2. The van der Waals surface area contributed by atoms with Crippen molar-refractivity contribution in [1.29, 1.82) is 0 Å². The predicted molar refractivity (Wildman–Crippen MR) is 87.1 cm³/mol. The van der Waals surface area contributed by atoms with Gasteiger partial charge in [-0.2, -0.15) is 0 Å². The third kappa shape index (κ3) is 3.76. The van der Waals surface area contributed by atoms with Crippen LogP contribution in [0.25, 0.3) is 0 Å². The van der Waals surface area contributed by atoms with Gasteiger partial charge in [0, 0.05) is 24.7 Å². The molecule has 2 heterocycles. The first kappa shape index (κ1) is 15.7. The Balaban J connectivity index is 1.54. The number of rotatable bonds is 3. The van der Waals surface area contributed by atoms with Crippen LogP contribution in [-0.4, -0.2) is 35.8 Å². The van der Waals surface area contributed by atoms with Crippen molar-refractivity contribution >= 4 is 23.2 Å². The van der Waals surface area contributed by atoms with Crippen molar-refractivity contribution in [2.45, 2.75) is 18.9 Å². The van der Waals surface area contributed by atoms with Crippen molar-refractivity contribution in [3.05, 3.63) is 58.0 Å². The molecule has 1 N–H and O–H groups in total. The average molecular weight is 332 g/mol. The molecule has 2 aromatic rings. The Bertz CT molecular complexity index is 694. The zero-order valence-electron chi connectivity index (χ0n) is 12.5. The number of piperidine rings is 1. The van der Waals surface area contributed by atoms with E-state index >= 15 is 0 Å². The number of nitrogens with one attached hydrogen (secondary N) is 1. The lowest BCUT2D eigenvalue weighted by atomic mass is 10.0. The highest BCUT2D eigenvalue weighted by atomic mass is 32.1. The van der Waals surface area contributed by atoms with Gasteiger partial charge in [0.05, 0.1) is 4.88 Å². The third-order valence-electron chi connectivity index (χ3n) is 3.93. The maximum absolute atomic E-state index is 13.2. The molecule has 1 aromatic heterocycles. The lowest BCUT2D eigenvalue weighted by Gasteiger charge is -2.32. The van der Waals surface area contributed by atoms with Crippen molar-refractivity contribution < 1.29 is 14.0 Å². The third-order valence-corrected chi connectivity index (χ3v) is 4.80. The highest BCUT2D eigenvalue weighted by Crippen LogP contribution is 2.16. The fourth-order valence-electron chi connectivity index (χ4n) is 2.70. The molecule has 4 nitrogen and oxygen atoms in total. The standard InChI is InChI=1S/C17H17FN2O2S/c18-13-4-1-3-12(11-13)17(22)20-8-6-14(7-9-20)19-16(21)15-5-2-10-23-15/h1-5,10-11,14H,6-9H2,(H,19,21). The van der Waals surface area contributed by atoms with E-state index in [1.165, 1.54) is 29.5 Å². The number of likely N-dealkylation sites (tertiary alicyclic amines) is 1. The SMILES string of the molecule is O=C(NC1CCN(C(=O)c2cccc(F)c2)CC1)c1cccs1. The first-order valence-corrected chi connectivity index (χ1v) is 8.40. The number of carbonyl (C=O) groups is 2. The number of hydrogen-bond acceptors (Lipinski definition) is 3. The summed E-state index contributed by atoms with van der Waals surface area (Å²) >= 11 is 1.41. The van der Waals surface area contributed by atoms with Crippen LogP contribution in [0.4, 0.5) is 4.39 Å². The van der Waals surface area contributed by atoms with Crippen LogP contribution in [0.1, 0.15) is 32.9 Å². The molecule has 6 heteroatoms. The minimum atomic E-state index is -0.408. The summed E-state index contributed by atoms with van der Waals surface area (Å²) in [5, 5.41) is 4.87. The summed E-state index contributed by atoms with van der Waals surface area (Å²) in [6, 6.07) is 9.45. The van der Waals surface area contributed by atoms with E-state index in [4.69, 9.17) is 0 Å². The summed E-state index contributed by atoms with van der Waals surface area (Å²) < 4.78 is 13.2. The maximum Gasteiger partial charge on any atom is 0.261 e. The van der Waals surface area contributed by atoms with Crippen molar-refractivity contribution in [2.24, 2.45) is 0 Å². The van der Waals surface area contributed by atoms with Crippen LogP contribution in [0.15, 0.2) is 41.8 Å². The van der Waals surface area contributed by atoms with E-state index in [-0.39, 0.29) is 17.9 Å². The molecule has 0 saturated carbocycles. The Morgan fingerprint density at radius 2 is 1.96 bits per heavy atom. The van der Waals surface area contributed by atoms with Gasteiger partial charge in [-0.1, -0.05) is 12.1 Å². The van der Waals surface area contributed by atoms with Gasteiger partial charge in [-0.25, -0.2) is 4.39 Å². The average Bonchev–Trinajstić information content (AvgIpc) is 3.09. The normalized spacial score (nSPS) is 15.4. The zero-order chi connectivity index (χ0) is 16.2. The Morgan fingerprint density at radius 1 is 1.17 bits per heavy atom. The van der Waals surface area contributed by atoms with Crippen LogP contribution < -0.4 is 5.32 Å². The predicted octanol–water partition coefficient (Wildman–Crippen LogP) is 2.92. The van der Waals surface area contributed by atoms with Crippen LogP contribution in [0.2, 0.25) is 0 Å². The van der Waals surface area contributed by atoms with Gasteiger partial charge in [0.25, 0.3) is 11.8 Å². The zero-order valence-corrected chi connectivity index (χ0v) is 13.3. The fraction of sp³-hybridized carbons (Fsp3) is 0.294. The number of hydrogen-bond donors (Lipinski definition) is 1. The molecule has 3 rings (SSSR count). The Morgan fingerprint density at radius 3 is 2.61 bits per heavy atom. The summed E-state index contributed by atoms with van der Waals surface area (Å²) in [5.41, 5.74) is 0.367. The number of benzene rings is 1. The molecule has 0 unspecified atom stereocenters. The van der Waals surface area contributed by atoms with E-state index < -0.39 is 5.82 Å². The van der Waals surface area contributed by atoms with Gasteiger partial charge in [-0.05, 0) is 42.5 Å². The fourth-order valence-corrected chi connectivity index (χ4v) is 3.32. The summed E-state index contributed by atoms with van der Waals surface area (Å²) in [6.07, 6.45) is 1.41. The summed E-state index contributed by atoms with van der Waals surface area (Å²) in [6.45, 7) is 1.12. The molecule has 0 spiro atoms. The molecule has 2 amide bonds. The van der Waals surface area contributed by atoms with E-state index in [2.05, 4.69) is 5.32 Å². The molecular weight excluding hydrogens is 315 g/mol. The minimum Gasteiger partial charge on any atom is -0.348 e. The molecule has 0 radical (unpaired) electrons. The van der Waals surface area contributed by atoms with Crippen LogP contribution in [0.5, 0.6) is 0 Å². The lowest BCUT2D eigenvalue weighted by molar-refractivity contribution is 0.0698. The maximum atomic E-state index is 13.2. The largest absolute Gasteiger partial charge is 0.348 e. The summed E-state index contributed by atoms with van der Waals surface area (Å²) in [5.74, 6) is -0.628. The van der Waals surface area contributed by atoms with Crippen molar-refractivity contribution in [3.8, 4) is 0 Å². The van der Waals surface area contributed by atoms with Crippen molar-refractivity contribution in [3.63, 3.8) is 0 Å². The number of carbonyl (C=O) groups excluding carboxylic acids is 2. The second-order valence-corrected chi connectivity index (χ2v) is 6.48. The second-order valence-electron chi connectivity index (χ2n) is 5.53. The molecule has 23 heavy (non-hydrogen) atoms. The van der Waals surface area contributed by atoms with Gasteiger partial charge in [0.2, 0.25) is 0 Å². The van der Waals surface area contributed by atoms with E-state index in [1.54, 1.807) is 17.0 Å². The molecule has 1 saturated heterocycles. The van der Waals surface area contributed by atoms with Gasteiger partial charge in [0.15, 0.2) is 0 Å². The van der Waals surface area contributed by atoms with Crippen molar-refractivity contribution in [1.82, 2.24) is 10.2 Å². The van der Waals surface area contributed by atoms with Crippen LogP contribution in [0, 0.1) is 5.82 Å². The molecule has 0 bridgehead atoms. The summed E-state index contributed by atoms with van der Waals surface area (Å²) in [4.78, 5) is 26.8. The Kier molecular flexibility index (Phi) is 4.71. The molecular formula is C17H17FN2O2S. The first-order chi connectivity index (χ1) is 11.1. The van der Waals surface area contributed by atoms with Crippen LogP contribution >= 0.6 is 11.3 Å². The molecule has 120 valence electrons. The summed E-state index contributed by atoms with van der Waals surface area (Å²) in [7, 11) is 0. The van der Waals surface area contributed by atoms with Crippen LogP contribution in [0.3, 0.4) is 0 Å². The quantitative estimate of drug-likeness (QED) is 0.939. The van der Waals surface area contributed by atoms with Crippen molar-refractivity contribution in [2.75, 3.05) is 13.1 Å². The highest BCUT2D eigenvalue weighted by Gasteiger charge is 2.25. The molecule has 1 fully saturated rings. The van der Waals surface area contributed by atoms with Gasteiger partial charge in [-0.15, -0.1) is 11.3 Å². The molecule has 1 aliphatic rings. The smallest absolute Gasteiger partial charge is 0.261 e. The van der Waals surface area contributed by atoms with Gasteiger partial charge < -0.3 is 10.2 Å².